The maximum Gasteiger partial charge on any atom is 0.0575 e. The van der Waals surface area contributed by atoms with Gasteiger partial charge in [-0.05, 0) is 63.8 Å². The van der Waals surface area contributed by atoms with Crippen molar-refractivity contribution in [1.29, 1.82) is 0 Å². The van der Waals surface area contributed by atoms with E-state index in [1.165, 1.54) is 44.9 Å². The largest absolute Gasteiger partial charge is 0.378 e. The van der Waals surface area contributed by atoms with Gasteiger partial charge in [-0.2, -0.15) is 0 Å². The third kappa shape index (κ3) is 6.75. The monoisotopic (exact) mass is 255 g/mol. The maximum absolute atomic E-state index is 5.81. The van der Waals surface area contributed by atoms with Crippen LogP contribution in [-0.2, 0) is 4.74 Å². The van der Waals surface area contributed by atoms with Crippen LogP contribution in [0.15, 0.2) is 0 Å². The molecule has 108 valence electrons. The molecule has 0 amide bonds. The molecule has 0 bridgehead atoms. The van der Waals surface area contributed by atoms with E-state index in [2.05, 4.69) is 33.1 Å². The summed E-state index contributed by atoms with van der Waals surface area (Å²) in [6.07, 6.45) is 9.59. The van der Waals surface area contributed by atoms with E-state index in [0.717, 1.165) is 18.4 Å². The van der Waals surface area contributed by atoms with Crippen LogP contribution in [0, 0.1) is 11.8 Å². The average molecular weight is 255 g/mol. The molecule has 2 heteroatoms. The molecule has 0 radical (unpaired) electrons. The zero-order valence-corrected chi connectivity index (χ0v) is 12.9. The molecule has 1 aliphatic rings. The Morgan fingerprint density at radius 2 is 1.94 bits per heavy atom. The third-order valence-corrected chi connectivity index (χ3v) is 4.08. The minimum Gasteiger partial charge on any atom is -0.378 e. The molecule has 0 aliphatic carbocycles. The lowest BCUT2D eigenvalue weighted by Gasteiger charge is -2.26. The molecule has 1 fully saturated rings. The first kappa shape index (κ1) is 16.0. The van der Waals surface area contributed by atoms with E-state index >= 15 is 0 Å². The second-order valence-electron chi connectivity index (χ2n) is 6.52. The van der Waals surface area contributed by atoms with Crippen molar-refractivity contribution < 1.29 is 4.74 Å². The lowest BCUT2D eigenvalue weighted by atomic mass is 9.90. The van der Waals surface area contributed by atoms with Gasteiger partial charge in [0.25, 0.3) is 0 Å². The summed E-state index contributed by atoms with van der Waals surface area (Å²) in [7, 11) is 2.11. The van der Waals surface area contributed by atoms with Crippen molar-refractivity contribution in [3.05, 3.63) is 0 Å². The molecule has 0 spiro atoms. The molecule has 1 rings (SSSR count). The SMILES string of the molecule is CNC(CCC1CCCCO1)CC(C)CC(C)C. The van der Waals surface area contributed by atoms with Crippen molar-refractivity contribution in [3.63, 3.8) is 0 Å². The van der Waals surface area contributed by atoms with Crippen LogP contribution in [0.25, 0.3) is 0 Å². The lowest BCUT2D eigenvalue weighted by molar-refractivity contribution is 0.00829. The normalized spacial score (nSPS) is 24.2. The summed E-state index contributed by atoms with van der Waals surface area (Å²) < 4.78 is 5.81. The van der Waals surface area contributed by atoms with Crippen molar-refractivity contribution in [2.45, 2.75) is 77.9 Å². The van der Waals surface area contributed by atoms with Gasteiger partial charge >= 0.3 is 0 Å². The second-order valence-corrected chi connectivity index (χ2v) is 6.52. The molecule has 0 aromatic heterocycles. The number of nitrogens with one attached hydrogen (secondary N) is 1. The molecule has 0 aromatic rings. The minimum atomic E-state index is 0.537. The van der Waals surface area contributed by atoms with Crippen molar-refractivity contribution in [3.8, 4) is 0 Å². The van der Waals surface area contributed by atoms with Crippen LogP contribution in [0.2, 0.25) is 0 Å². The van der Waals surface area contributed by atoms with E-state index in [-0.39, 0.29) is 0 Å². The van der Waals surface area contributed by atoms with Crippen molar-refractivity contribution in [1.82, 2.24) is 5.32 Å². The Balaban J connectivity index is 2.19. The number of ether oxygens (including phenoxy) is 1. The first-order valence-corrected chi connectivity index (χ1v) is 7.90. The molecule has 0 aromatic carbocycles. The Morgan fingerprint density at radius 1 is 1.17 bits per heavy atom. The molecule has 1 N–H and O–H groups in total. The molecule has 2 nitrogen and oxygen atoms in total. The van der Waals surface area contributed by atoms with Crippen molar-refractivity contribution in [2.75, 3.05) is 13.7 Å². The van der Waals surface area contributed by atoms with Gasteiger partial charge in [0.15, 0.2) is 0 Å². The van der Waals surface area contributed by atoms with Gasteiger partial charge in [0.1, 0.15) is 0 Å². The standard InChI is InChI=1S/C16H33NO/c1-13(2)11-14(3)12-15(17-4)8-9-16-7-5-6-10-18-16/h13-17H,5-12H2,1-4H3. The summed E-state index contributed by atoms with van der Waals surface area (Å²) in [6, 6.07) is 0.671. The molecule has 1 heterocycles. The zero-order valence-electron chi connectivity index (χ0n) is 12.9. The highest BCUT2D eigenvalue weighted by Crippen LogP contribution is 2.22. The molecular formula is C16H33NO. The van der Waals surface area contributed by atoms with Gasteiger partial charge in [-0.25, -0.2) is 0 Å². The molecule has 3 unspecified atom stereocenters. The zero-order chi connectivity index (χ0) is 13.4. The fourth-order valence-corrected chi connectivity index (χ4v) is 3.19. The van der Waals surface area contributed by atoms with Crippen molar-refractivity contribution in [2.24, 2.45) is 11.8 Å². The number of hydrogen-bond donors (Lipinski definition) is 1. The highest BCUT2D eigenvalue weighted by molar-refractivity contribution is 4.73. The molecule has 18 heavy (non-hydrogen) atoms. The quantitative estimate of drug-likeness (QED) is 0.708. The van der Waals surface area contributed by atoms with Crippen LogP contribution in [0.5, 0.6) is 0 Å². The summed E-state index contributed by atoms with van der Waals surface area (Å²) in [5.74, 6) is 1.65. The molecular weight excluding hydrogens is 222 g/mol. The van der Waals surface area contributed by atoms with Crippen LogP contribution >= 0.6 is 0 Å². The Kier molecular flexibility index (Phi) is 7.92. The summed E-state index contributed by atoms with van der Waals surface area (Å²) in [4.78, 5) is 0. The first-order valence-electron chi connectivity index (χ1n) is 7.90. The Morgan fingerprint density at radius 3 is 2.50 bits per heavy atom. The summed E-state index contributed by atoms with van der Waals surface area (Å²) in [5, 5.41) is 3.49. The molecule has 0 saturated carbocycles. The predicted molar refractivity (Wildman–Crippen MR) is 78.9 cm³/mol. The van der Waals surface area contributed by atoms with Gasteiger partial charge in [0.05, 0.1) is 6.10 Å². The fraction of sp³-hybridized carbons (Fsp3) is 1.00. The van der Waals surface area contributed by atoms with Gasteiger partial charge in [-0.1, -0.05) is 20.8 Å². The Bertz CT molecular complexity index is 199. The lowest BCUT2D eigenvalue weighted by Crippen LogP contribution is -2.30. The molecule has 1 aliphatic heterocycles. The fourth-order valence-electron chi connectivity index (χ4n) is 3.19. The topological polar surface area (TPSA) is 21.3 Å². The molecule has 1 saturated heterocycles. The maximum atomic E-state index is 5.81. The molecule has 3 atom stereocenters. The Hall–Kier alpha value is -0.0800. The van der Waals surface area contributed by atoms with E-state index in [1.54, 1.807) is 0 Å². The van der Waals surface area contributed by atoms with Gasteiger partial charge in [-0.15, -0.1) is 0 Å². The smallest absolute Gasteiger partial charge is 0.0575 e. The minimum absolute atomic E-state index is 0.537. The average Bonchev–Trinajstić information content (AvgIpc) is 2.34. The van der Waals surface area contributed by atoms with Crippen LogP contribution in [0.3, 0.4) is 0 Å². The summed E-state index contributed by atoms with van der Waals surface area (Å²) in [5.41, 5.74) is 0. The van der Waals surface area contributed by atoms with Gasteiger partial charge in [0, 0.05) is 12.6 Å². The van der Waals surface area contributed by atoms with Crippen LogP contribution in [-0.4, -0.2) is 25.8 Å². The predicted octanol–water partition coefficient (Wildman–Crippen LogP) is 4.00. The van der Waals surface area contributed by atoms with E-state index in [0.29, 0.717) is 12.1 Å². The van der Waals surface area contributed by atoms with E-state index in [4.69, 9.17) is 4.74 Å². The highest BCUT2D eigenvalue weighted by Gasteiger charge is 2.17. The van der Waals surface area contributed by atoms with Gasteiger partial charge < -0.3 is 10.1 Å². The van der Waals surface area contributed by atoms with E-state index in [9.17, 15) is 0 Å². The summed E-state index contributed by atoms with van der Waals surface area (Å²) >= 11 is 0. The van der Waals surface area contributed by atoms with E-state index < -0.39 is 0 Å². The van der Waals surface area contributed by atoms with Crippen LogP contribution < -0.4 is 5.32 Å². The van der Waals surface area contributed by atoms with Gasteiger partial charge in [0.2, 0.25) is 0 Å². The first-order chi connectivity index (χ1) is 8.61. The number of hydrogen-bond acceptors (Lipinski definition) is 2. The van der Waals surface area contributed by atoms with Crippen molar-refractivity contribution >= 4 is 0 Å². The van der Waals surface area contributed by atoms with E-state index in [1.807, 2.05) is 0 Å². The number of rotatable bonds is 8. The second kappa shape index (κ2) is 8.92. The Labute approximate surface area is 114 Å². The van der Waals surface area contributed by atoms with Gasteiger partial charge in [-0.3, -0.25) is 0 Å². The highest BCUT2D eigenvalue weighted by atomic mass is 16.5. The van der Waals surface area contributed by atoms with Crippen LogP contribution in [0.4, 0.5) is 0 Å². The van der Waals surface area contributed by atoms with Crippen LogP contribution in [0.1, 0.15) is 65.7 Å². The summed E-state index contributed by atoms with van der Waals surface area (Å²) in [6.45, 7) is 8.02. The third-order valence-electron chi connectivity index (χ3n) is 4.08.